The number of furan rings is 1. The molecule has 10 rings (SSSR count). The molecule has 2 nitrogen and oxygen atoms in total. The van der Waals surface area contributed by atoms with Crippen LogP contribution in [0.2, 0.25) is 0 Å². The van der Waals surface area contributed by atoms with Crippen LogP contribution in [0, 0.1) is 0 Å². The second-order valence-electron chi connectivity index (χ2n) is 13.3. The van der Waals surface area contributed by atoms with Crippen molar-refractivity contribution in [3.63, 3.8) is 0 Å². The monoisotopic (exact) mass is 663 g/mol. The van der Waals surface area contributed by atoms with Gasteiger partial charge in [0.25, 0.3) is 0 Å². The minimum absolute atomic E-state index is 0.917. The molecule has 9 aromatic carbocycles. The van der Waals surface area contributed by atoms with E-state index in [0.29, 0.717) is 0 Å². The van der Waals surface area contributed by atoms with Crippen molar-refractivity contribution in [3.05, 3.63) is 200 Å². The molecular weight excluding hydrogens is 631 g/mol. The van der Waals surface area contributed by atoms with Crippen LogP contribution < -0.4 is 4.90 Å². The maximum atomic E-state index is 6.22. The van der Waals surface area contributed by atoms with Gasteiger partial charge in [-0.3, -0.25) is 0 Å². The molecule has 0 aliphatic heterocycles. The van der Waals surface area contributed by atoms with Gasteiger partial charge in [-0.05, 0) is 110 Å². The molecule has 0 amide bonds. The van der Waals surface area contributed by atoms with Crippen molar-refractivity contribution in [3.8, 4) is 33.4 Å². The third-order valence-corrected chi connectivity index (χ3v) is 10.3. The first kappa shape index (κ1) is 30.0. The van der Waals surface area contributed by atoms with E-state index in [1.165, 1.54) is 60.3 Å². The van der Waals surface area contributed by atoms with E-state index in [9.17, 15) is 0 Å². The number of para-hydroxylation sites is 1. The second kappa shape index (κ2) is 12.5. The van der Waals surface area contributed by atoms with Gasteiger partial charge in [-0.15, -0.1) is 0 Å². The number of fused-ring (bicyclic) bond motifs is 6. The van der Waals surface area contributed by atoms with Crippen LogP contribution >= 0.6 is 0 Å². The Hall–Kier alpha value is -6.90. The average molecular weight is 664 g/mol. The molecule has 10 aromatic rings. The maximum absolute atomic E-state index is 6.22. The zero-order chi connectivity index (χ0) is 34.4. The van der Waals surface area contributed by atoms with Crippen LogP contribution in [0.5, 0.6) is 0 Å². The molecule has 0 fully saturated rings. The summed E-state index contributed by atoms with van der Waals surface area (Å²) in [6, 6.07) is 71.8. The number of hydrogen-bond donors (Lipinski definition) is 0. The van der Waals surface area contributed by atoms with Gasteiger partial charge in [0.05, 0.1) is 0 Å². The fraction of sp³-hybridized carbons (Fsp3) is 0. The van der Waals surface area contributed by atoms with Gasteiger partial charge in [0.15, 0.2) is 0 Å². The first-order valence-electron chi connectivity index (χ1n) is 17.8. The highest BCUT2D eigenvalue weighted by Crippen LogP contribution is 2.41. The zero-order valence-corrected chi connectivity index (χ0v) is 28.4. The molecule has 244 valence electrons. The van der Waals surface area contributed by atoms with Crippen LogP contribution in [0.4, 0.5) is 17.1 Å². The third kappa shape index (κ3) is 5.21. The third-order valence-electron chi connectivity index (χ3n) is 10.3. The lowest BCUT2D eigenvalue weighted by Crippen LogP contribution is -2.10. The van der Waals surface area contributed by atoms with Gasteiger partial charge in [0.1, 0.15) is 11.2 Å². The highest BCUT2D eigenvalue weighted by molar-refractivity contribution is 6.19. The Balaban J connectivity index is 1.08. The van der Waals surface area contributed by atoms with Crippen LogP contribution in [0.3, 0.4) is 0 Å². The van der Waals surface area contributed by atoms with Crippen molar-refractivity contribution in [1.29, 1.82) is 0 Å². The van der Waals surface area contributed by atoms with Gasteiger partial charge in [0, 0.05) is 27.8 Å². The first-order valence-corrected chi connectivity index (χ1v) is 17.8. The smallest absolute Gasteiger partial charge is 0.136 e. The molecule has 2 heteroatoms. The van der Waals surface area contributed by atoms with Gasteiger partial charge in [-0.1, -0.05) is 146 Å². The van der Waals surface area contributed by atoms with E-state index in [4.69, 9.17) is 4.42 Å². The standard InChI is InChI=1S/C50H33NO/c1-2-10-34(11-3-1)35-22-27-41(28-23-35)51(43-15-8-14-40(32-43)45-18-9-13-37-12-4-5-16-44(37)45)42-29-24-36(25-30-42)39-21-20-38-26-31-49-50(47(38)33-39)46-17-6-7-19-48(46)52-49/h1-33H. The minimum atomic E-state index is 0.917. The number of hydrogen-bond acceptors (Lipinski definition) is 2. The summed E-state index contributed by atoms with van der Waals surface area (Å²) >= 11 is 0. The van der Waals surface area contributed by atoms with E-state index < -0.39 is 0 Å². The van der Waals surface area contributed by atoms with Gasteiger partial charge >= 0.3 is 0 Å². The largest absolute Gasteiger partial charge is 0.456 e. The van der Waals surface area contributed by atoms with Crippen LogP contribution in [-0.2, 0) is 0 Å². The first-order chi connectivity index (χ1) is 25.8. The SMILES string of the molecule is c1ccc(-c2ccc(N(c3ccc(-c4ccc5ccc6oc7ccccc7c6c5c4)cc3)c3cccc(-c4cccc5ccccc45)c3)cc2)cc1. The molecule has 52 heavy (non-hydrogen) atoms. The van der Waals surface area contributed by atoms with Crippen LogP contribution in [0.25, 0.3) is 76.9 Å². The Kier molecular flexibility index (Phi) is 7.18. The second-order valence-corrected chi connectivity index (χ2v) is 13.3. The molecule has 0 spiro atoms. The predicted molar refractivity (Wildman–Crippen MR) is 220 cm³/mol. The quantitative estimate of drug-likeness (QED) is 0.176. The molecule has 0 aliphatic carbocycles. The van der Waals surface area contributed by atoms with Crippen LogP contribution in [0.15, 0.2) is 205 Å². The zero-order valence-electron chi connectivity index (χ0n) is 28.4. The summed E-state index contributed by atoms with van der Waals surface area (Å²) in [7, 11) is 0. The van der Waals surface area contributed by atoms with E-state index in [2.05, 4.69) is 193 Å². The van der Waals surface area contributed by atoms with Gasteiger partial charge in [0.2, 0.25) is 0 Å². The Labute approximate surface area is 302 Å². The van der Waals surface area contributed by atoms with Crippen molar-refractivity contribution in [2.45, 2.75) is 0 Å². The molecule has 1 heterocycles. The van der Waals surface area contributed by atoms with Crippen LogP contribution in [-0.4, -0.2) is 0 Å². The summed E-state index contributed by atoms with van der Waals surface area (Å²) in [5, 5.41) is 7.22. The van der Waals surface area contributed by atoms with Crippen molar-refractivity contribution in [2.24, 2.45) is 0 Å². The molecule has 0 saturated carbocycles. The number of anilines is 3. The summed E-state index contributed by atoms with van der Waals surface area (Å²) < 4.78 is 6.22. The maximum Gasteiger partial charge on any atom is 0.136 e. The Bertz CT molecular complexity index is 2880. The molecule has 0 radical (unpaired) electrons. The normalized spacial score (nSPS) is 11.5. The van der Waals surface area contributed by atoms with Crippen molar-refractivity contribution < 1.29 is 4.42 Å². The van der Waals surface area contributed by atoms with Gasteiger partial charge in [-0.2, -0.15) is 0 Å². The highest BCUT2D eigenvalue weighted by Gasteiger charge is 2.16. The summed E-state index contributed by atoms with van der Waals surface area (Å²) in [6.45, 7) is 0. The summed E-state index contributed by atoms with van der Waals surface area (Å²) in [5.41, 5.74) is 12.3. The fourth-order valence-electron chi connectivity index (χ4n) is 7.70. The van der Waals surface area contributed by atoms with Crippen LogP contribution in [0.1, 0.15) is 0 Å². The molecule has 0 saturated heterocycles. The molecule has 0 atom stereocenters. The summed E-state index contributed by atoms with van der Waals surface area (Å²) in [5.74, 6) is 0. The van der Waals surface area contributed by atoms with Gasteiger partial charge < -0.3 is 9.32 Å². The van der Waals surface area contributed by atoms with E-state index in [1.807, 2.05) is 12.1 Å². The highest BCUT2D eigenvalue weighted by atomic mass is 16.3. The van der Waals surface area contributed by atoms with Crippen molar-refractivity contribution in [1.82, 2.24) is 0 Å². The molecule has 0 unspecified atom stereocenters. The summed E-state index contributed by atoms with van der Waals surface area (Å²) in [4.78, 5) is 2.36. The van der Waals surface area contributed by atoms with E-state index in [0.717, 1.165) is 33.6 Å². The Morgan fingerprint density at radius 2 is 0.885 bits per heavy atom. The molecule has 0 bridgehead atoms. The lowest BCUT2D eigenvalue weighted by molar-refractivity contribution is 0.669. The van der Waals surface area contributed by atoms with Gasteiger partial charge in [-0.25, -0.2) is 0 Å². The average Bonchev–Trinajstić information content (AvgIpc) is 3.61. The minimum Gasteiger partial charge on any atom is -0.456 e. The molecule has 1 aromatic heterocycles. The number of rotatable bonds is 6. The Morgan fingerprint density at radius 3 is 1.69 bits per heavy atom. The lowest BCUT2D eigenvalue weighted by Gasteiger charge is -2.26. The van der Waals surface area contributed by atoms with Crippen molar-refractivity contribution >= 4 is 60.5 Å². The number of nitrogens with zero attached hydrogens (tertiary/aromatic N) is 1. The summed E-state index contributed by atoms with van der Waals surface area (Å²) in [6.07, 6.45) is 0. The van der Waals surface area contributed by atoms with E-state index in [1.54, 1.807) is 0 Å². The number of benzene rings is 9. The van der Waals surface area contributed by atoms with E-state index >= 15 is 0 Å². The molecule has 0 N–H and O–H groups in total. The predicted octanol–water partition coefficient (Wildman–Crippen LogP) is 14.4. The topological polar surface area (TPSA) is 16.4 Å². The lowest BCUT2D eigenvalue weighted by atomic mass is 9.97. The molecular formula is C50H33NO. The Morgan fingerprint density at radius 1 is 0.308 bits per heavy atom. The molecule has 0 aliphatic rings. The van der Waals surface area contributed by atoms with E-state index in [-0.39, 0.29) is 0 Å². The fourth-order valence-corrected chi connectivity index (χ4v) is 7.70. The van der Waals surface area contributed by atoms with Crippen molar-refractivity contribution in [2.75, 3.05) is 4.90 Å².